The number of amides is 2. The van der Waals surface area contributed by atoms with Gasteiger partial charge in [0, 0.05) is 6.07 Å². The Hall–Kier alpha value is -3.99. The van der Waals surface area contributed by atoms with Crippen molar-refractivity contribution in [3.05, 3.63) is 108 Å². The molecular weight excluding hydrogens is 450 g/mol. The van der Waals surface area contributed by atoms with Gasteiger partial charge in [-0.2, -0.15) is 0 Å². The van der Waals surface area contributed by atoms with E-state index in [0.29, 0.717) is 23.3 Å². The minimum absolute atomic E-state index is 0.121. The molecular formula is C31H25NO4. The van der Waals surface area contributed by atoms with E-state index in [9.17, 15) is 14.4 Å². The number of carbonyl (C=O) groups excluding carboxylic acids is 3. The predicted octanol–water partition coefficient (Wildman–Crippen LogP) is 4.98. The summed E-state index contributed by atoms with van der Waals surface area (Å²) in [5.41, 5.74) is 2.13. The Morgan fingerprint density at radius 2 is 1.31 bits per heavy atom. The molecule has 36 heavy (non-hydrogen) atoms. The number of hydrogen-bond acceptors (Lipinski definition) is 4. The van der Waals surface area contributed by atoms with Crippen LogP contribution in [0, 0.1) is 35.5 Å². The Labute approximate surface area is 209 Å². The molecule has 3 aromatic carbocycles. The normalized spacial score (nSPS) is 29.3. The van der Waals surface area contributed by atoms with E-state index in [4.69, 9.17) is 4.74 Å². The first-order valence-electron chi connectivity index (χ1n) is 12.6. The number of benzene rings is 3. The second kappa shape index (κ2) is 8.02. The van der Waals surface area contributed by atoms with Gasteiger partial charge in [-0.3, -0.25) is 14.4 Å². The van der Waals surface area contributed by atoms with Crippen LogP contribution in [0.4, 0.5) is 5.69 Å². The van der Waals surface area contributed by atoms with E-state index in [2.05, 4.69) is 12.2 Å². The molecule has 2 amide bonds. The van der Waals surface area contributed by atoms with Crippen LogP contribution >= 0.6 is 0 Å². The number of ether oxygens (including phenoxy) is 1. The van der Waals surface area contributed by atoms with Gasteiger partial charge in [-0.05, 0) is 53.4 Å². The molecule has 4 aliphatic carbocycles. The maximum absolute atomic E-state index is 13.5. The molecule has 3 fully saturated rings. The largest absolute Gasteiger partial charge is 0.426 e. The van der Waals surface area contributed by atoms with Gasteiger partial charge in [0.2, 0.25) is 11.8 Å². The molecule has 1 aliphatic heterocycles. The van der Waals surface area contributed by atoms with Crippen molar-refractivity contribution in [2.75, 3.05) is 4.90 Å². The first kappa shape index (κ1) is 21.3. The van der Waals surface area contributed by atoms with Crippen molar-refractivity contribution < 1.29 is 19.1 Å². The van der Waals surface area contributed by atoms with Crippen LogP contribution in [-0.2, 0) is 14.4 Å². The third-order valence-corrected chi connectivity index (χ3v) is 8.46. The van der Waals surface area contributed by atoms with E-state index in [-0.39, 0.29) is 35.5 Å². The maximum atomic E-state index is 13.5. The van der Waals surface area contributed by atoms with Crippen LogP contribution < -0.4 is 9.64 Å². The van der Waals surface area contributed by atoms with Crippen LogP contribution in [0.25, 0.3) is 0 Å². The number of imide groups is 1. The standard InChI is InChI=1S/C31H25NO4/c33-29-27-22-14-15-23(25-17-24(22)25)28(27)30(34)32(29)20-12-7-13-21(16-20)36-31(35)26(18-8-3-1-4-9-18)19-10-5-2-6-11-19/h1-16,22-28H,17H2. The fraction of sp³-hybridized carbons (Fsp3) is 0.258. The van der Waals surface area contributed by atoms with Crippen LogP contribution in [0.1, 0.15) is 23.5 Å². The molecule has 0 aromatic heterocycles. The lowest BCUT2D eigenvalue weighted by molar-refractivity contribution is -0.135. The van der Waals surface area contributed by atoms with Gasteiger partial charge >= 0.3 is 5.97 Å². The van der Waals surface area contributed by atoms with Crippen molar-refractivity contribution in [1.29, 1.82) is 0 Å². The van der Waals surface area contributed by atoms with Crippen molar-refractivity contribution in [1.82, 2.24) is 0 Å². The second-order valence-corrected chi connectivity index (χ2v) is 10.3. The Balaban J connectivity index is 1.17. The van der Waals surface area contributed by atoms with Crippen LogP contribution in [-0.4, -0.2) is 17.8 Å². The van der Waals surface area contributed by atoms with Crippen LogP contribution in [0.2, 0.25) is 0 Å². The summed E-state index contributed by atoms with van der Waals surface area (Å²) in [4.78, 5) is 41.7. The van der Waals surface area contributed by atoms with E-state index in [0.717, 1.165) is 17.5 Å². The summed E-state index contributed by atoms with van der Waals surface area (Å²) in [6.45, 7) is 0. The monoisotopic (exact) mass is 475 g/mol. The molecule has 0 radical (unpaired) electrons. The minimum atomic E-state index is -0.595. The van der Waals surface area contributed by atoms with Crippen molar-refractivity contribution >= 4 is 23.5 Å². The van der Waals surface area contributed by atoms with Crippen LogP contribution in [0.3, 0.4) is 0 Å². The minimum Gasteiger partial charge on any atom is -0.426 e. The molecule has 0 N–H and O–H groups in total. The summed E-state index contributed by atoms with van der Waals surface area (Å²) in [7, 11) is 0. The van der Waals surface area contributed by atoms with Gasteiger partial charge in [-0.15, -0.1) is 0 Å². The zero-order chi connectivity index (χ0) is 24.4. The number of nitrogens with zero attached hydrogens (tertiary/aromatic N) is 1. The fourth-order valence-corrected chi connectivity index (χ4v) is 6.83. The van der Waals surface area contributed by atoms with Gasteiger partial charge in [-0.25, -0.2) is 4.90 Å². The maximum Gasteiger partial charge on any atom is 0.323 e. The van der Waals surface area contributed by atoms with E-state index < -0.39 is 11.9 Å². The molecule has 3 aromatic rings. The highest BCUT2D eigenvalue weighted by atomic mass is 16.5. The van der Waals surface area contributed by atoms with E-state index in [1.54, 1.807) is 24.3 Å². The Bertz CT molecular complexity index is 1320. The number of esters is 1. The lowest BCUT2D eigenvalue weighted by atomic mass is 9.63. The van der Waals surface area contributed by atoms with Gasteiger partial charge in [-0.1, -0.05) is 78.9 Å². The molecule has 6 unspecified atom stereocenters. The van der Waals surface area contributed by atoms with Gasteiger partial charge < -0.3 is 4.74 Å². The summed E-state index contributed by atoms with van der Waals surface area (Å²) in [5.74, 6) is -0.0118. The molecule has 5 heteroatoms. The van der Waals surface area contributed by atoms with Crippen molar-refractivity contribution in [2.45, 2.75) is 12.3 Å². The molecule has 1 saturated heterocycles. The predicted molar refractivity (Wildman–Crippen MR) is 134 cm³/mol. The molecule has 2 bridgehead atoms. The fourth-order valence-electron chi connectivity index (χ4n) is 6.83. The summed E-state index contributed by atoms with van der Waals surface area (Å²) in [5, 5.41) is 0. The summed E-state index contributed by atoms with van der Waals surface area (Å²) in [6, 6.07) is 25.8. The van der Waals surface area contributed by atoms with E-state index in [1.165, 1.54) is 4.90 Å². The van der Waals surface area contributed by atoms with Gasteiger partial charge in [0.25, 0.3) is 0 Å². The van der Waals surface area contributed by atoms with E-state index >= 15 is 0 Å². The zero-order valence-electron chi connectivity index (χ0n) is 19.6. The average Bonchev–Trinajstić information content (AvgIpc) is 3.68. The molecule has 6 atom stereocenters. The highest BCUT2D eigenvalue weighted by molar-refractivity contribution is 6.22. The second-order valence-electron chi connectivity index (χ2n) is 10.3. The molecule has 178 valence electrons. The SMILES string of the molecule is O=C(Oc1cccc(N2C(=O)C3C4C=CC(C5CC45)C3C2=O)c1)C(c1ccccc1)c1ccccc1. The lowest BCUT2D eigenvalue weighted by Gasteiger charge is -2.37. The van der Waals surface area contributed by atoms with Crippen LogP contribution in [0.5, 0.6) is 5.75 Å². The lowest BCUT2D eigenvalue weighted by Crippen LogP contribution is -2.40. The summed E-state index contributed by atoms with van der Waals surface area (Å²) < 4.78 is 5.85. The summed E-state index contributed by atoms with van der Waals surface area (Å²) in [6.07, 6.45) is 5.46. The van der Waals surface area contributed by atoms with Crippen molar-refractivity contribution in [3.63, 3.8) is 0 Å². The molecule has 0 spiro atoms. The topological polar surface area (TPSA) is 63.7 Å². The molecule has 1 heterocycles. The van der Waals surface area contributed by atoms with Gasteiger partial charge in [0.05, 0.1) is 17.5 Å². The molecule has 5 nitrogen and oxygen atoms in total. The van der Waals surface area contributed by atoms with Crippen molar-refractivity contribution in [3.8, 4) is 5.75 Å². The van der Waals surface area contributed by atoms with E-state index in [1.807, 2.05) is 60.7 Å². The molecule has 5 aliphatic rings. The number of carbonyl (C=O) groups is 3. The van der Waals surface area contributed by atoms with Crippen molar-refractivity contribution in [2.24, 2.45) is 35.5 Å². The Morgan fingerprint density at radius 1 is 0.750 bits per heavy atom. The first-order valence-corrected chi connectivity index (χ1v) is 12.6. The highest BCUT2D eigenvalue weighted by Crippen LogP contribution is 2.65. The third-order valence-electron chi connectivity index (χ3n) is 8.46. The number of allylic oxidation sites excluding steroid dienone is 2. The van der Waals surface area contributed by atoms with Gasteiger partial charge in [0.15, 0.2) is 0 Å². The smallest absolute Gasteiger partial charge is 0.323 e. The molecule has 2 saturated carbocycles. The Morgan fingerprint density at radius 3 is 1.86 bits per heavy atom. The number of hydrogen-bond donors (Lipinski definition) is 0. The average molecular weight is 476 g/mol. The third kappa shape index (κ3) is 3.19. The quantitative estimate of drug-likeness (QED) is 0.226. The summed E-state index contributed by atoms with van der Waals surface area (Å²) >= 11 is 0. The zero-order valence-corrected chi connectivity index (χ0v) is 19.6. The van der Waals surface area contributed by atoms with Gasteiger partial charge in [0.1, 0.15) is 11.7 Å². The number of rotatable bonds is 5. The first-order chi connectivity index (χ1) is 17.6. The Kier molecular flexibility index (Phi) is 4.75. The molecule has 8 rings (SSSR count). The highest BCUT2D eigenvalue weighted by Gasteiger charge is 2.67. The van der Waals surface area contributed by atoms with Crippen LogP contribution in [0.15, 0.2) is 97.1 Å². The number of anilines is 1.